The normalized spacial score (nSPS) is 11.8. The van der Waals surface area contributed by atoms with Crippen LogP contribution in [-0.2, 0) is 4.79 Å². The highest BCUT2D eigenvalue weighted by atomic mass is 35.5. The number of hydrogen-bond acceptors (Lipinski definition) is 3. The van der Waals surface area contributed by atoms with Crippen LogP contribution in [0.25, 0.3) is 0 Å². The number of benzene rings is 1. The van der Waals surface area contributed by atoms with Crippen molar-refractivity contribution in [2.24, 2.45) is 5.73 Å². The van der Waals surface area contributed by atoms with Crippen LogP contribution in [0.1, 0.15) is 6.92 Å². The third-order valence-electron chi connectivity index (χ3n) is 1.77. The van der Waals surface area contributed by atoms with Crippen molar-refractivity contribution in [3.8, 4) is 0 Å². The minimum absolute atomic E-state index is 0. The summed E-state index contributed by atoms with van der Waals surface area (Å²) in [6.07, 6.45) is 0. The second-order valence-electron chi connectivity index (χ2n) is 3.15. The van der Waals surface area contributed by atoms with Crippen molar-refractivity contribution in [3.05, 3.63) is 24.3 Å². The Balaban J connectivity index is 0.00000256. The Kier molecular flexibility index (Phi) is 7.10. The number of carbonyl (C=O) groups is 1. The Morgan fingerprint density at radius 1 is 1.41 bits per heavy atom. The fourth-order valence-corrected chi connectivity index (χ4v) is 1.61. The zero-order valence-electron chi connectivity index (χ0n) is 9.02. The topological polar surface area (TPSA) is 55.1 Å². The molecule has 1 aromatic carbocycles. The quantitative estimate of drug-likeness (QED) is 0.835. The molecule has 3 nitrogen and oxygen atoms in total. The zero-order chi connectivity index (χ0) is 12.1. The summed E-state index contributed by atoms with van der Waals surface area (Å²) >= 11 is 0.390. The number of rotatable bonds is 4. The maximum Gasteiger partial charge on any atom is 0.288 e. The van der Waals surface area contributed by atoms with Crippen molar-refractivity contribution >= 4 is 35.8 Å². The molecule has 0 fully saturated rings. The van der Waals surface area contributed by atoms with Crippen molar-refractivity contribution in [3.63, 3.8) is 0 Å². The van der Waals surface area contributed by atoms with E-state index in [2.05, 4.69) is 5.32 Å². The van der Waals surface area contributed by atoms with E-state index < -0.39 is 17.7 Å². The second-order valence-corrected chi connectivity index (χ2v) is 4.18. The van der Waals surface area contributed by atoms with Crippen LogP contribution in [0, 0.1) is 0 Å². The summed E-state index contributed by atoms with van der Waals surface area (Å²) in [5.41, 5.74) is 5.72. The molecule has 1 atom stereocenters. The molecule has 0 unspecified atom stereocenters. The summed E-state index contributed by atoms with van der Waals surface area (Å²) in [7, 11) is 0. The molecule has 0 aromatic heterocycles. The molecule has 17 heavy (non-hydrogen) atoms. The van der Waals surface area contributed by atoms with Crippen molar-refractivity contribution in [2.45, 2.75) is 23.6 Å². The van der Waals surface area contributed by atoms with Gasteiger partial charge >= 0.3 is 0 Å². The first-order valence-corrected chi connectivity index (χ1v) is 5.49. The summed E-state index contributed by atoms with van der Waals surface area (Å²) in [5.74, 6) is -2.92. The van der Waals surface area contributed by atoms with Gasteiger partial charge in [0.2, 0.25) is 5.91 Å². The summed E-state index contributed by atoms with van der Waals surface area (Å²) in [5, 5.41) is 2.50. The summed E-state index contributed by atoms with van der Waals surface area (Å²) in [6.45, 7) is 1.53. The van der Waals surface area contributed by atoms with E-state index in [0.717, 1.165) is 0 Å². The number of amides is 1. The number of thioether (sulfide) groups is 1. The Labute approximate surface area is 109 Å². The predicted molar refractivity (Wildman–Crippen MR) is 67.8 cm³/mol. The number of hydrogen-bond donors (Lipinski definition) is 2. The molecule has 0 aliphatic carbocycles. The molecule has 7 heteroatoms. The van der Waals surface area contributed by atoms with Gasteiger partial charge in [0.1, 0.15) is 0 Å². The lowest BCUT2D eigenvalue weighted by molar-refractivity contribution is -0.117. The number of nitrogens with one attached hydrogen (secondary N) is 1. The molecule has 0 aliphatic heterocycles. The number of anilines is 1. The van der Waals surface area contributed by atoms with Crippen LogP contribution in [0.2, 0.25) is 0 Å². The molecule has 0 spiro atoms. The average molecular weight is 283 g/mol. The van der Waals surface area contributed by atoms with E-state index in [-0.39, 0.29) is 12.4 Å². The Hall–Kier alpha value is -0.850. The lowest BCUT2D eigenvalue weighted by atomic mass is 10.3. The fraction of sp³-hybridized carbons (Fsp3) is 0.300. The molecule has 3 N–H and O–H groups in total. The summed E-state index contributed by atoms with van der Waals surface area (Å²) in [6, 6.07) is 5.70. The van der Waals surface area contributed by atoms with Crippen LogP contribution >= 0.6 is 24.2 Å². The van der Waals surface area contributed by atoms with Gasteiger partial charge in [-0.15, -0.1) is 12.4 Å². The number of para-hydroxylation sites is 1. The molecule has 1 amide bonds. The van der Waals surface area contributed by atoms with Gasteiger partial charge in [-0.2, -0.15) is 8.78 Å². The number of alkyl halides is 2. The highest BCUT2D eigenvalue weighted by molar-refractivity contribution is 7.99. The minimum Gasteiger partial charge on any atom is -0.324 e. The average Bonchev–Trinajstić information content (AvgIpc) is 2.20. The smallest absolute Gasteiger partial charge is 0.288 e. The molecule has 0 aliphatic rings. The largest absolute Gasteiger partial charge is 0.324 e. The van der Waals surface area contributed by atoms with Gasteiger partial charge in [0.15, 0.2) is 0 Å². The highest BCUT2D eigenvalue weighted by Crippen LogP contribution is 2.31. The molecular weight excluding hydrogens is 270 g/mol. The molecule has 0 heterocycles. The number of halogens is 3. The molecule has 0 saturated carbocycles. The number of carbonyl (C=O) groups excluding carboxylic acids is 1. The van der Waals surface area contributed by atoms with Crippen molar-refractivity contribution in [2.75, 3.05) is 5.32 Å². The maximum absolute atomic E-state index is 12.2. The fourth-order valence-electron chi connectivity index (χ4n) is 1.02. The molecule has 0 radical (unpaired) electrons. The first-order valence-electron chi connectivity index (χ1n) is 4.61. The maximum atomic E-state index is 12.2. The van der Waals surface area contributed by atoms with E-state index >= 15 is 0 Å². The van der Waals surface area contributed by atoms with Gasteiger partial charge in [-0.1, -0.05) is 23.9 Å². The lowest BCUT2D eigenvalue weighted by Gasteiger charge is -2.11. The summed E-state index contributed by atoms with van der Waals surface area (Å²) in [4.78, 5) is 11.6. The molecule has 96 valence electrons. The van der Waals surface area contributed by atoms with Crippen LogP contribution in [0.4, 0.5) is 14.5 Å². The van der Waals surface area contributed by atoms with Crippen LogP contribution in [-0.4, -0.2) is 17.7 Å². The Morgan fingerprint density at radius 3 is 2.53 bits per heavy atom. The van der Waals surface area contributed by atoms with Gasteiger partial charge in [0.25, 0.3) is 5.76 Å². The monoisotopic (exact) mass is 282 g/mol. The number of nitrogens with two attached hydrogens (primary N) is 1. The molecule has 0 bridgehead atoms. The van der Waals surface area contributed by atoms with E-state index in [1.165, 1.54) is 13.0 Å². The molecular formula is C10H13ClF2N2OS. The second kappa shape index (κ2) is 7.47. The van der Waals surface area contributed by atoms with Gasteiger partial charge in [0, 0.05) is 4.90 Å². The van der Waals surface area contributed by atoms with Crippen LogP contribution in [0.3, 0.4) is 0 Å². The third kappa shape index (κ3) is 5.34. The lowest BCUT2D eigenvalue weighted by Crippen LogP contribution is -2.32. The van der Waals surface area contributed by atoms with Crippen LogP contribution < -0.4 is 11.1 Å². The van der Waals surface area contributed by atoms with E-state index in [0.29, 0.717) is 22.3 Å². The molecule has 1 rings (SSSR count). The van der Waals surface area contributed by atoms with Crippen LogP contribution in [0.5, 0.6) is 0 Å². The SMILES string of the molecule is C[C@@H](N)C(=O)Nc1ccccc1SC(F)F.Cl. The van der Waals surface area contributed by atoms with Crippen molar-refractivity contribution in [1.29, 1.82) is 0 Å². The van der Waals surface area contributed by atoms with E-state index in [9.17, 15) is 13.6 Å². The van der Waals surface area contributed by atoms with Gasteiger partial charge in [-0.3, -0.25) is 4.79 Å². The summed E-state index contributed by atoms with van der Waals surface area (Å²) < 4.78 is 24.4. The van der Waals surface area contributed by atoms with Gasteiger partial charge < -0.3 is 11.1 Å². The van der Waals surface area contributed by atoms with Crippen molar-refractivity contribution < 1.29 is 13.6 Å². The first kappa shape index (κ1) is 16.1. The van der Waals surface area contributed by atoms with Gasteiger partial charge in [-0.25, -0.2) is 0 Å². The van der Waals surface area contributed by atoms with Gasteiger partial charge in [0.05, 0.1) is 11.7 Å². The van der Waals surface area contributed by atoms with E-state index in [1.54, 1.807) is 18.2 Å². The molecule has 0 saturated heterocycles. The van der Waals surface area contributed by atoms with Gasteiger partial charge in [-0.05, 0) is 19.1 Å². The van der Waals surface area contributed by atoms with Crippen LogP contribution in [0.15, 0.2) is 29.2 Å². The zero-order valence-corrected chi connectivity index (χ0v) is 10.7. The molecule has 1 aromatic rings. The van der Waals surface area contributed by atoms with E-state index in [1.807, 2.05) is 0 Å². The Morgan fingerprint density at radius 2 is 2.00 bits per heavy atom. The van der Waals surface area contributed by atoms with E-state index in [4.69, 9.17) is 5.73 Å². The van der Waals surface area contributed by atoms with Crippen molar-refractivity contribution in [1.82, 2.24) is 0 Å². The predicted octanol–water partition coefficient (Wildman–Crippen LogP) is 2.71. The Bertz CT molecular complexity index is 377. The standard InChI is InChI=1S/C10H12F2N2OS.ClH/c1-6(13)9(15)14-7-4-2-3-5-8(7)16-10(11)12;/h2-6,10H,13H2,1H3,(H,14,15);1H/t6-;/m1./s1. The third-order valence-corrected chi connectivity index (χ3v) is 2.56. The minimum atomic E-state index is -2.52. The highest BCUT2D eigenvalue weighted by Gasteiger charge is 2.13. The first-order chi connectivity index (χ1) is 7.50.